The smallest absolute Gasteiger partial charge is 0.416 e. The lowest BCUT2D eigenvalue weighted by Crippen LogP contribution is -2.63. The molecule has 0 radical (unpaired) electrons. The van der Waals surface area contributed by atoms with Gasteiger partial charge in [-0.2, -0.15) is 13.2 Å². The molecule has 2 aromatic rings. The van der Waals surface area contributed by atoms with E-state index in [1.807, 2.05) is 12.2 Å². The third kappa shape index (κ3) is 6.30. The Morgan fingerprint density at radius 1 is 1.08 bits per heavy atom. The molecule has 7 nitrogen and oxygen atoms in total. The summed E-state index contributed by atoms with van der Waals surface area (Å²) in [5.41, 5.74) is -0.224. The molecular weight excluding hydrogens is 515 g/mol. The number of hydrogen-bond acceptors (Lipinski definition) is 6. The van der Waals surface area contributed by atoms with Crippen molar-refractivity contribution >= 4 is 5.91 Å². The molecule has 4 rings (SSSR count). The Labute approximate surface area is 225 Å². The van der Waals surface area contributed by atoms with Crippen molar-refractivity contribution in [2.75, 3.05) is 7.11 Å². The Kier molecular flexibility index (Phi) is 8.41. The summed E-state index contributed by atoms with van der Waals surface area (Å²) in [4.78, 5) is 11.9. The second-order valence-corrected chi connectivity index (χ2v) is 10.5. The summed E-state index contributed by atoms with van der Waals surface area (Å²) in [5.74, 6) is -0.159. The highest BCUT2D eigenvalue weighted by atomic mass is 19.4. The summed E-state index contributed by atoms with van der Waals surface area (Å²) in [5, 5.41) is 24.2. The predicted octanol–water partition coefficient (Wildman–Crippen LogP) is 4.56. The van der Waals surface area contributed by atoms with Crippen LogP contribution >= 0.6 is 0 Å². The molecule has 10 heteroatoms. The Hall–Kier alpha value is -2.92. The number of rotatable bonds is 6. The van der Waals surface area contributed by atoms with Crippen LogP contribution in [0.15, 0.2) is 54.6 Å². The van der Waals surface area contributed by atoms with Crippen LogP contribution in [0.1, 0.15) is 50.7 Å². The third-order valence-corrected chi connectivity index (χ3v) is 7.30. The number of halogens is 3. The summed E-state index contributed by atoms with van der Waals surface area (Å²) >= 11 is 0. The number of carbonyl (C=O) groups is 1. The third-order valence-electron chi connectivity index (χ3n) is 7.30. The average Bonchev–Trinajstić information content (AvgIpc) is 2.87. The molecule has 1 amide bonds. The van der Waals surface area contributed by atoms with Crippen molar-refractivity contribution in [3.63, 3.8) is 0 Å². The molecule has 3 unspecified atom stereocenters. The van der Waals surface area contributed by atoms with Crippen molar-refractivity contribution in [1.82, 2.24) is 5.32 Å². The summed E-state index contributed by atoms with van der Waals surface area (Å²) in [6.07, 6.45) is -4.19. The second kappa shape index (κ2) is 11.3. The first-order valence-electron chi connectivity index (χ1n) is 12.8. The summed E-state index contributed by atoms with van der Waals surface area (Å²) in [7, 11) is 1.40. The Morgan fingerprint density at radius 3 is 2.46 bits per heavy atom. The number of aliphatic hydroxyl groups excluding tert-OH is 2. The Morgan fingerprint density at radius 2 is 1.79 bits per heavy atom. The summed E-state index contributed by atoms with van der Waals surface area (Å²) < 4.78 is 57.9. The number of carbonyl (C=O) groups excluding carboxylic acids is 1. The maximum Gasteiger partial charge on any atom is 0.416 e. The highest BCUT2D eigenvalue weighted by Crippen LogP contribution is 2.41. The lowest BCUT2D eigenvalue weighted by Gasteiger charge is -2.46. The first-order valence-corrected chi connectivity index (χ1v) is 12.8. The van der Waals surface area contributed by atoms with E-state index in [0.717, 1.165) is 17.7 Å². The molecule has 6 atom stereocenters. The van der Waals surface area contributed by atoms with Gasteiger partial charge in [0.15, 0.2) is 0 Å². The molecule has 1 aliphatic heterocycles. The summed E-state index contributed by atoms with van der Waals surface area (Å²) in [6.45, 7) is 4.82. The van der Waals surface area contributed by atoms with Gasteiger partial charge in [-0.1, -0.05) is 30.4 Å². The van der Waals surface area contributed by atoms with Crippen molar-refractivity contribution in [2.24, 2.45) is 0 Å². The molecule has 3 N–H and O–H groups in total. The minimum absolute atomic E-state index is 0.195. The number of allylic oxidation sites excluding steroid dienone is 1. The van der Waals surface area contributed by atoms with Crippen molar-refractivity contribution in [2.45, 2.75) is 82.0 Å². The van der Waals surface area contributed by atoms with Gasteiger partial charge in [0.1, 0.15) is 24.1 Å². The molecule has 1 fully saturated rings. The number of nitrogens with one attached hydrogen (secondary N) is 1. The van der Waals surface area contributed by atoms with Gasteiger partial charge in [-0.15, -0.1) is 0 Å². The van der Waals surface area contributed by atoms with E-state index in [1.54, 1.807) is 38.1 Å². The highest BCUT2D eigenvalue weighted by Gasteiger charge is 2.50. The fourth-order valence-electron chi connectivity index (χ4n) is 5.46. The van der Waals surface area contributed by atoms with Gasteiger partial charge in [0.2, 0.25) is 12.2 Å². The molecule has 0 aromatic heterocycles. The van der Waals surface area contributed by atoms with Crippen LogP contribution in [-0.4, -0.2) is 59.5 Å². The van der Waals surface area contributed by atoms with E-state index in [0.29, 0.717) is 24.0 Å². The van der Waals surface area contributed by atoms with Gasteiger partial charge in [0.05, 0.1) is 11.2 Å². The van der Waals surface area contributed by atoms with Gasteiger partial charge >= 0.3 is 6.18 Å². The standard InChI is InChI=1S/C29H34F3NO6/c1-16(34)33-23-11-6-5-10-21(23)20-13-12-19(15-22(20)17-8-7-9-18(14-17)29(30,31)32)38-27-25(36)24(35)26(37-4)28(2,3)39-27/h5-9,12-15,21,23-27,35-36H,10-11H2,1-4H3,(H,33,34)/t21?,23?,24-,25+,26+,27?/m0/s1. The lowest BCUT2D eigenvalue weighted by atomic mass is 9.80. The van der Waals surface area contributed by atoms with Gasteiger partial charge in [0.25, 0.3) is 0 Å². The van der Waals surface area contributed by atoms with Crippen LogP contribution in [0, 0.1) is 0 Å². The van der Waals surface area contributed by atoms with Crippen molar-refractivity contribution in [1.29, 1.82) is 0 Å². The van der Waals surface area contributed by atoms with Crippen molar-refractivity contribution in [3.05, 3.63) is 65.7 Å². The number of methoxy groups -OCH3 is 1. The SMILES string of the molecule is CO[C@@H]1[C@@H](O)[C@@H](O)C(Oc2ccc(C3CC=CCC3NC(C)=O)c(-c3cccc(C(F)(F)F)c3)c2)OC1(C)C. The molecule has 212 valence electrons. The zero-order valence-electron chi connectivity index (χ0n) is 22.2. The van der Waals surface area contributed by atoms with E-state index in [1.165, 1.54) is 20.1 Å². The highest BCUT2D eigenvalue weighted by molar-refractivity contribution is 5.74. The van der Waals surface area contributed by atoms with Crippen LogP contribution in [0.4, 0.5) is 13.2 Å². The average molecular weight is 550 g/mol. The van der Waals surface area contributed by atoms with E-state index >= 15 is 0 Å². The number of benzene rings is 2. The minimum atomic E-state index is -4.53. The molecular formula is C29H34F3NO6. The molecule has 0 saturated carbocycles. The van der Waals surface area contributed by atoms with E-state index in [-0.39, 0.29) is 23.6 Å². The predicted molar refractivity (Wildman–Crippen MR) is 138 cm³/mol. The lowest BCUT2D eigenvalue weighted by molar-refractivity contribution is -0.305. The molecule has 39 heavy (non-hydrogen) atoms. The first-order chi connectivity index (χ1) is 18.3. The number of ether oxygens (including phenoxy) is 3. The van der Waals surface area contributed by atoms with Crippen molar-refractivity contribution < 1.29 is 42.4 Å². The number of alkyl halides is 3. The Bertz CT molecular complexity index is 1210. The quantitative estimate of drug-likeness (QED) is 0.457. The van der Waals surface area contributed by atoms with Crippen LogP contribution in [0.2, 0.25) is 0 Å². The molecule has 0 spiro atoms. The van der Waals surface area contributed by atoms with E-state index in [4.69, 9.17) is 14.2 Å². The van der Waals surface area contributed by atoms with Gasteiger partial charge in [-0.25, -0.2) is 0 Å². The van der Waals surface area contributed by atoms with E-state index < -0.39 is 41.9 Å². The second-order valence-electron chi connectivity index (χ2n) is 10.5. The monoisotopic (exact) mass is 549 g/mol. The normalized spacial score (nSPS) is 28.6. The molecule has 2 aliphatic rings. The van der Waals surface area contributed by atoms with Crippen molar-refractivity contribution in [3.8, 4) is 16.9 Å². The maximum absolute atomic E-state index is 13.6. The number of amides is 1. The maximum atomic E-state index is 13.6. The summed E-state index contributed by atoms with van der Waals surface area (Å²) in [6, 6.07) is 9.79. The van der Waals surface area contributed by atoms with Crippen LogP contribution in [0.3, 0.4) is 0 Å². The van der Waals surface area contributed by atoms with E-state index in [9.17, 15) is 28.2 Å². The van der Waals surface area contributed by atoms with Crippen LogP contribution in [0.5, 0.6) is 5.75 Å². The Balaban J connectivity index is 1.76. The topological polar surface area (TPSA) is 97.3 Å². The molecule has 0 bridgehead atoms. The number of hydrogen-bond donors (Lipinski definition) is 3. The molecule has 1 heterocycles. The first kappa shape index (κ1) is 29.1. The van der Waals surface area contributed by atoms with Gasteiger partial charge in [-0.05, 0) is 67.6 Å². The molecule has 1 saturated heterocycles. The van der Waals surface area contributed by atoms with E-state index in [2.05, 4.69) is 5.32 Å². The minimum Gasteiger partial charge on any atom is -0.462 e. The number of aliphatic hydroxyl groups is 2. The van der Waals surface area contributed by atoms with Crippen LogP contribution < -0.4 is 10.1 Å². The van der Waals surface area contributed by atoms with Crippen LogP contribution in [-0.2, 0) is 20.4 Å². The molecule has 2 aromatic carbocycles. The van der Waals surface area contributed by atoms with Gasteiger partial charge in [-0.3, -0.25) is 4.79 Å². The fraction of sp³-hybridized carbons (Fsp3) is 0.483. The van der Waals surface area contributed by atoms with Crippen LogP contribution in [0.25, 0.3) is 11.1 Å². The zero-order valence-corrected chi connectivity index (χ0v) is 22.2. The van der Waals surface area contributed by atoms with Gasteiger partial charge < -0.3 is 29.7 Å². The fourth-order valence-corrected chi connectivity index (χ4v) is 5.46. The largest absolute Gasteiger partial charge is 0.462 e. The van der Waals surface area contributed by atoms with Gasteiger partial charge in [0, 0.05) is 26.0 Å². The molecule has 1 aliphatic carbocycles. The zero-order chi connectivity index (χ0) is 28.5.